The molecule has 6 nitrogen and oxygen atoms in total. The van der Waals surface area contributed by atoms with E-state index in [1.807, 2.05) is 41.9 Å². The number of amides is 1. The predicted molar refractivity (Wildman–Crippen MR) is 103 cm³/mol. The summed E-state index contributed by atoms with van der Waals surface area (Å²) in [6.07, 6.45) is 0. The summed E-state index contributed by atoms with van der Waals surface area (Å²) >= 11 is 1.43. The lowest BCUT2D eigenvalue weighted by Gasteiger charge is -2.32. The van der Waals surface area contributed by atoms with Crippen molar-refractivity contribution in [3.8, 4) is 0 Å². The summed E-state index contributed by atoms with van der Waals surface area (Å²) in [5.74, 6) is 0.706. The molecule has 2 N–H and O–H groups in total. The number of hydrogen-bond acceptors (Lipinski definition) is 5. The van der Waals surface area contributed by atoms with Crippen molar-refractivity contribution in [1.29, 1.82) is 0 Å². The van der Waals surface area contributed by atoms with Crippen LogP contribution in [0.15, 0.2) is 59.8 Å². The van der Waals surface area contributed by atoms with Crippen molar-refractivity contribution in [3.05, 3.63) is 71.5 Å². The van der Waals surface area contributed by atoms with Crippen molar-refractivity contribution < 1.29 is 4.79 Å². The summed E-state index contributed by atoms with van der Waals surface area (Å²) < 4.78 is 1.85. The maximum atomic E-state index is 13.0. The fraction of sp³-hybridized carbons (Fsp3) is 0.211. The molecule has 0 bridgehead atoms. The molecule has 1 amide bonds. The van der Waals surface area contributed by atoms with Crippen molar-refractivity contribution in [2.45, 2.75) is 30.3 Å². The van der Waals surface area contributed by atoms with Crippen LogP contribution in [-0.4, -0.2) is 26.0 Å². The van der Waals surface area contributed by atoms with Gasteiger partial charge in [0, 0.05) is 5.69 Å². The largest absolute Gasteiger partial charge is 0.325 e. The first-order chi connectivity index (χ1) is 12.6. The zero-order valence-electron chi connectivity index (χ0n) is 14.5. The summed E-state index contributed by atoms with van der Waals surface area (Å²) in [6, 6.07) is 17.5. The Morgan fingerprint density at radius 3 is 2.54 bits per heavy atom. The van der Waals surface area contributed by atoms with Crippen LogP contribution in [0.25, 0.3) is 0 Å². The van der Waals surface area contributed by atoms with E-state index in [9.17, 15) is 4.79 Å². The standard InChI is InChI=1S/C19H19N5OS/c1-12-8-10-14(11-9-12)16-17(18(25)20-15-6-4-3-5-7-15)26-19-22-21-13(2)24(19)23-16/h3-11,16-17,23H,1-2H3,(H,20,25). The van der Waals surface area contributed by atoms with Gasteiger partial charge in [0.2, 0.25) is 11.1 Å². The molecule has 2 atom stereocenters. The highest BCUT2D eigenvalue weighted by molar-refractivity contribution is 8.00. The average Bonchev–Trinajstić information content (AvgIpc) is 3.02. The number of carbonyl (C=O) groups is 1. The van der Waals surface area contributed by atoms with Gasteiger partial charge in [-0.25, -0.2) is 4.68 Å². The number of rotatable bonds is 3. The van der Waals surface area contributed by atoms with Gasteiger partial charge >= 0.3 is 0 Å². The number of hydrogen-bond donors (Lipinski definition) is 2. The number of para-hydroxylation sites is 1. The molecule has 1 aromatic heterocycles. The van der Waals surface area contributed by atoms with E-state index in [1.165, 1.54) is 17.3 Å². The van der Waals surface area contributed by atoms with Gasteiger partial charge in [-0.1, -0.05) is 59.8 Å². The molecule has 1 aliphatic heterocycles. The molecule has 2 unspecified atom stereocenters. The number of aryl methyl sites for hydroxylation is 2. The Morgan fingerprint density at radius 2 is 1.81 bits per heavy atom. The van der Waals surface area contributed by atoms with Crippen molar-refractivity contribution in [3.63, 3.8) is 0 Å². The first-order valence-electron chi connectivity index (χ1n) is 8.39. The highest BCUT2D eigenvalue weighted by atomic mass is 32.2. The van der Waals surface area contributed by atoms with E-state index in [2.05, 4.69) is 52.1 Å². The van der Waals surface area contributed by atoms with Crippen molar-refractivity contribution >= 4 is 23.4 Å². The maximum Gasteiger partial charge on any atom is 0.240 e. The topological polar surface area (TPSA) is 71.8 Å². The smallest absolute Gasteiger partial charge is 0.240 e. The second-order valence-corrected chi connectivity index (χ2v) is 7.39. The van der Waals surface area contributed by atoms with Gasteiger partial charge in [0.15, 0.2) is 0 Å². The van der Waals surface area contributed by atoms with Crippen molar-refractivity contribution in [2.75, 3.05) is 10.7 Å². The van der Waals surface area contributed by atoms with Gasteiger partial charge in [-0.3, -0.25) is 4.79 Å². The molecule has 0 radical (unpaired) electrons. The summed E-state index contributed by atoms with van der Waals surface area (Å²) in [6.45, 7) is 3.94. The van der Waals surface area contributed by atoms with E-state index in [-0.39, 0.29) is 17.2 Å². The minimum atomic E-state index is -0.367. The molecule has 2 aromatic carbocycles. The van der Waals surface area contributed by atoms with Gasteiger partial charge < -0.3 is 10.7 Å². The Morgan fingerprint density at radius 1 is 1.08 bits per heavy atom. The lowest BCUT2D eigenvalue weighted by atomic mass is 10.0. The zero-order valence-corrected chi connectivity index (χ0v) is 15.3. The number of aromatic nitrogens is 3. The third-order valence-electron chi connectivity index (χ3n) is 4.33. The van der Waals surface area contributed by atoms with Crippen LogP contribution in [0.4, 0.5) is 5.69 Å². The lowest BCUT2D eigenvalue weighted by Crippen LogP contribution is -2.41. The van der Waals surface area contributed by atoms with Gasteiger partial charge in [0.25, 0.3) is 0 Å². The number of thioether (sulfide) groups is 1. The van der Waals surface area contributed by atoms with Crippen LogP contribution in [0.2, 0.25) is 0 Å². The van der Waals surface area contributed by atoms with Crippen LogP contribution in [-0.2, 0) is 4.79 Å². The van der Waals surface area contributed by atoms with Gasteiger partial charge in [-0.05, 0) is 31.5 Å². The number of nitrogens with one attached hydrogen (secondary N) is 2. The molecular weight excluding hydrogens is 346 g/mol. The first kappa shape index (κ1) is 16.7. The quantitative estimate of drug-likeness (QED) is 0.745. The summed E-state index contributed by atoms with van der Waals surface area (Å²) in [4.78, 5) is 13.0. The van der Waals surface area contributed by atoms with Gasteiger partial charge in [0.05, 0.1) is 6.04 Å². The Labute approximate surface area is 156 Å². The van der Waals surface area contributed by atoms with E-state index >= 15 is 0 Å². The molecule has 7 heteroatoms. The Hall–Kier alpha value is -2.80. The molecule has 3 aromatic rings. The second-order valence-electron chi connectivity index (χ2n) is 6.28. The molecule has 2 heterocycles. The minimum absolute atomic E-state index is 0.0637. The molecule has 26 heavy (non-hydrogen) atoms. The molecule has 132 valence electrons. The molecule has 0 spiro atoms. The van der Waals surface area contributed by atoms with Gasteiger partial charge in [-0.2, -0.15) is 0 Å². The number of fused-ring (bicyclic) bond motifs is 1. The minimum Gasteiger partial charge on any atom is -0.325 e. The van der Waals surface area contributed by atoms with Crippen molar-refractivity contribution in [1.82, 2.24) is 14.9 Å². The summed E-state index contributed by atoms with van der Waals surface area (Å²) in [7, 11) is 0. The number of anilines is 1. The fourth-order valence-corrected chi connectivity index (χ4v) is 4.04. The van der Waals surface area contributed by atoms with Crippen LogP contribution in [0.5, 0.6) is 0 Å². The zero-order chi connectivity index (χ0) is 18.1. The third kappa shape index (κ3) is 3.17. The number of carbonyl (C=O) groups excluding carboxylic acids is 1. The maximum absolute atomic E-state index is 13.0. The second kappa shape index (κ2) is 6.84. The molecule has 0 saturated heterocycles. The van der Waals surface area contributed by atoms with Crippen LogP contribution in [0.1, 0.15) is 23.0 Å². The van der Waals surface area contributed by atoms with E-state index in [0.717, 1.165) is 17.1 Å². The van der Waals surface area contributed by atoms with E-state index in [1.54, 1.807) is 0 Å². The molecule has 0 aliphatic carbocycles. The average molecular weight is 365 g/mol. The number of benzene rings is 2. The van der Waals surface area contributed by atoms with Crippen LogP contribution in [0.3, 0.4) is 0 Å². The first-order valence-corrected chi connectivity index (χ1v) is 9.27. The molecule has 0 fully saturated rings. The van der Waals surface area contributed by atoms with E-state index < -0.39 is 0 Å². The molecule has 0 saturated carbocycles. The Kier molecular flexibility index (Phi) is 4.38. The van der Waals surface area contributed by atoms with Gasteiger partial charge in [0.1, 0.15) is 11.1 Å². The van der Waals surface area contributed by atoms with Crippen LogP contribution >= 0.6 is 11.8 Å². The lowest BCUT2D eigenvalue weighted by molar-refractivity contribution is -0.116. The Bertz CT molecular complexity index is 923. The third-order valence-corrected chi connectivity index (χ3v) is 5.55. The molecule has 4 rings (SSSR count). The molecular formula is C19H19N5OS. The normalized spacial score (nSPS) is 18.7. The van der Waals surface area contributed by atoms with Crippen LogP contribution < -0.4 is 10.7 Å². The summed E-state index contributed by atoms with van der Waals surface area (Å²) in [5, 5.41) is 11.6. The van der Waals surface area contributed by atoms with Crippen LogP contribution in [0, 0.1) is 13.8 Å². The van der Waals surface area contributed by atoms with Gasteiger partial charge in [-0.15, -0.1) is 10.2 Å². The SMILES string of the molecule is Cc1ccc(C2Nn3c(C)nnc3SC2C(=O)Nc2ccccc2)cc1. The summed E-state index contributed by atoms with van der Waals surface area (Å²) in [5.41, 5.74) is 6.42. The van der Waals surface area contributed by atoms with E-state index in [4.69, 9.17) is 0 Å². The predicted octanol–water partition coefficient (Wildman–Crippen LogP) is 3.29. The van der Waals surface area contributed by atoms with E-state index in [0.29, 0.717) is 5.16 Å². The number of nitrogens with zero attached hydrogens (tertiary/aromatic N) is 3. The molecule has 1 aliphatic rings. The fourth-order valence-electron chi connectivity index (χ4n) is 2.92. The Balaban J connectivity index is 1.67. The monoisotopic (exact) mass is 365 g/mol. The van der Waals surface area contributed by atoms with Crippen molar-refractivity contribution in [2.24, 2.45) is 0 Å². The highest BCUT2D eigenvalue weighted by Crippen LogP contribution is 2.37. The highest BCUT2D eigenvalue weighted by Gasteiger charge is 2.37.